The lowest BCUT2D eigenvalue weighted by atomic mass is 9.90. The molecular formula is C22H30N4O5S. The summed E-state index contributed by atoms with van der Waals surface area (Å²) in [5.74, 6) is -0.236. The molecule has 10 heteroatoms. The van der Waals surface area contributed by atoms with Gasteiger partial charge in [0.2, 0.25) is 10.0 Å². The lowest BCUT2D eigenvalue weighted by Crippen LogP contribution is -2.48. The summed E-state index contributed by atoms with van der Waals surface area (Å²) in [5, 5.41) is 4.86. The van der Waals surface area contributed by atoms with Crippen molar-refractivity contribution in [1.82, 2.24) is 19.8 Å². The van der Waals surface area contributed by atoms with E-state index in [1.54, 1.807) is 17.0 Å². The van der Waals surface area contributed by atoms with Crippen molar-refractivity contribution in [2.75, 3.05) is 26.2 Å². The zero-order chi connectivity index (χ0) is 23.0. The number of nitrogens with one attached hydrogen (secondary N) is 2. The number of hydrogen-bond acceptors (Lipinski definition) is 5. The van der Waals surface area contributed by atoms with E-state index < -0.39 is 22.1 Å². The number of likely N-dealkylation sites (tertiary alicyclic amines) is 1. The Labute approximate surface area is 188 Å². The van der Waals surface area contributed by atoms with Gasteiger partial charge in [0.25, 0.3) is 11.8 Å². The number of benzene rings is 1. The van der Waals surface area contributed by atoms with E-state index in [1.807, 2.05) is 0 Å². The van der Waals surface area contributed by atoms with Crippen molar-refractivity contribution in [3.63, 3.8) is 0 Å². The monoisotopic (exact) mass is 462 g/mol. The van der Waals surface area contributed by atoms with E-state index >= 15 is 0 Å². The molecule has 0 spiro atoms. The first kappa shape index (κ1) is 22.7. The molecule has 1 aromatic carbocycles. The summed E-state index contributed by atoms with van der Waals surface area (Å²) < 4.78 is 28.0. The zero-order valence-electron chi connectivity index (χ0n) is 18.4. The van der Waals surface area contributed by atoms with Crippen LogP contribution >= 0.6 is 0 Å². The average Bonchev–Trinajstić information content (AvgIpc) is 3.10. The second-order valence-corrected chi connectivity index (χ2v) is 11.3. The van der Waals surface area contributed by atoms with Gasteiger partial charge in [0.1, 0.15) is 6.04 Å². The molecule has 9 nitrogen and oxygen atoms in total. The van der Waals surface area contributed by atoms with Crippen LogP contribution in [0.5, 0.6) is 0 Å². The molecule has 4 amide bonds. The Morgan fingerprint density at radius 1 is 1.09 bits per heavy atom. The first-order valence-electron chi connectivity index (χ1n) is 11.2. The number of carbonyl (C=O) groups is 3. The molecular weight excluding hydrogens is 432 g/mol. The molecule has 174 valence electrons. The van der Waals surface area contributed by atoms with Crippen LogP contribution in [0.15, 0.2) is 29.2 Å². The second kappa shape index (κ2) is 8.82. The molecule has 0 aliphatic carbocycles. The number of hydrogen-bond donors (Lipinski definition) is 2. The summed E-state index contributed by atoms with van der Waals surface area (Å²) in [7, 11) is -3.69. The Kier molecular flexibility index (Phi) is 6.26. The highest BCUT2D eigenvalue weighted by molar-refractivity contribution is 7.89. The van der Waals surface area contributed by atoms with E-state index in [1.165, 1.54) is 16.4 Å². The van der Waals surface area contributed by atoms with Gasteiger partial charge < -0.3 is 10.2 Å². The number of amides is 4. The molecule has 3 fully saturated rings. The standard InChI is InChI=1S/C22H30N4O5S/c1-14-9-15(2)12-26(11-14)32(30,31)18-7-3-5-16(10-18)21(28)25-8-4-6-17(13-25)19-20(27)24-22(29)23-19/h3,5,7,10,14-15,17,19H,4,6,8-9,11-13H2,1-2H3,(H2,23,24,27,29). The molecule has 0 saturated carbocycles. The van der Waals surface area contributed by atoms with Crippen molar-refractivity contribution >= 4 is 27.9 Å². The van der Waals surface area contributed by atoms with Crippen LogP contribution in [0.3, 0.4) is 0 Å². The number of nitrogens with zero attached hydrogens (tertiary/aromatic N) is 2. The maximum absolute atomic E-state index is 13.2. The fourth-order valence-corrected chi connectivity index (χ4v) is 6.88. The van der Waals surface area contributed by atoms with Gasteiger partial charge in [0, 0.05) is 37.7 Å². The molecule has 0 bridgehead atoms. The van der Waals surface area contributed by atoms with Crippen LogP contribution in [0.25, 0.3) is 0 Å². The summed E-state index contributed by atoms with van der Waals surface area (Å²) in [6, 6.07) is 5.05. The van der Waals surface area contributed by atoms with Crippen molar-refractivity contribution in [3.8, 4) is 0 Å². The molecule has 1 aromatic rings. The molecule has 3 aliphatic heterocycles. The second-order valence-electron chi connectivity index (χ2n) is 9.39. The largest absolute Gasteiger partial charge is 0.338 e. The van der Waals surface area contributed by atoms with Crippen molar-refractivity contribution in [1.29, 1.82) is 0 Å². The Balaban J connectivity index is 1.51. The Bertz CT molecular complexity index is 1020. The van der Waals surface area contributed by atoms with Gasteiger partial charge in [0.15, 0.2) is 0 Å². The van der Waals surface area contributed by atoms with Crippen LogP contribution < -0.4 is 10.6 Å². The molecule has 4 atom stereocenters. The topological polar surface area (TPSA) is 116 Å². The number of sulfonamides is 1. The quantitative estimate of drug-likeness (QED) is 0.657. The van der Waals surface area contributed by atoms with Gasteiger partial charge in [-0.05, 0) is 49.3 Å². The smallest absolute Gasteiger partial charge is 0.322 e. The molecule has 2 N–H and O–H groups in total. The van der Waals surface area contributed by atoms with Crippen LogP contribution in [-0.2, 0) is 14.8 Å². The highest BCUT2D eigenvalue weighted by atomic mass is 32.2. The van der Waals surface area contributed by atoms with Crippen molar-refractivity contribution in [2.24, 2.45) is 17.8 Å². The third kappa shape index (κ3) is 4.52. The lowest BCUT2D eigenvalue weighted by Gasteiger charge is -2.35. The van der Waals surface area contributed by atoms with Gasteiger partial charge in [0.05, 0.1) is 4.90 Å². The summed E-state index contributed by atoms with van der Waals surface area (Å²) >= 11 is 0. The minimum absolute atomic E-state index is 0.126. The van der Waals surface area contributed by atoms with Crippen LogP contribution in [0.1, 0.15) is 43.5 Å². The van der Waals surface area contributed by atoms with E-state index in [2.05, 4.69) is 24.5 Å². The highest BCUT2D eigenvalue weighted by Gasteiger charge is 2.39. The van der Waals surface area contributed by atoms with Crippen molar-refractivity contribution in [3.05, 3.63) is 29.8 Å². The third-order valence-electron chi connectivity index (χ3n) is 6.58. The van der Waals surface area contributed by atoms with E-state index in [-0.39, 0.29) is 34.5 Å². The fourth-order valence-electron chi connectivity index (χ4n) is 5.15. The molecule has 4 rings (SSSR count). The van der Waals surface area contributed by atoms with Crippen LogP contribution in [-0.4, -0.2) is 67.7 Å². The van der Waals surface area contributed by atoms with Crippen molar-refractivity contribution in [2.45, 2.75) is 44.0 Å². The Morgan fingerprint density at radius 2 is 1.81 bits per heavy atom. The SMILES string of the molecule is CC1CC(C)CN(S(=O)(=O)c2cccc(C(=O)N3CCCC(C4NC(=O)NC4=O)C3)c2)C1. The maximum atomic E-state index is 13.2. The number of urea groups is 1. The van der Waals surface area contributed by atoms with Crippen molar-refractivity contribution < 1.29 is 22.8 Å². The summed E-state index contributed by atoms with van der Waals surface area (Å²) in [4.78, 5) is 38.4. The first-order valence-corrected chi connectivity index (χ1v) is 12.6. The molecule has 4 unspecified atom stereocenters. The predicted molar refractivity (Wildman–Crippen MR) is 117 cm³/mol. The van der Waals surface area contributed by atoms with Crippen LogP contribution in [0, 0.1) is 17.8 Å². The van der Waals surface area contributed by atoms with Gasteiger partial charge >= 0.3 is 6.03 Å². The van der Waals surface area contributed by atoms with E-state index in [0.717, 1.165) is 12.8 Å². The highest BCUT2D eigenvalue weighted by Crippen LogP contribution is 2.28. The predicted octanol–water partition coefficient (Wildman–Crippen LogP) is 1.41. The number of piperidine rings is 2. The minimum Gasteiger partial charge on any atom is -0.338 e. The van der Waals surface area contributed by atoms with Gasteiger partial charge in [-0.2, -0.15) is 4.31 Å². The van der Waals surface area contributed by atoms with Crippen LogP contribution in [0.2, 0.25) is 0 Å². The zero-order valence-corrected chi connectivity index (χ0v) is 19.2. The van der Waals surface area contributed by atoms with Gasteiger partial charge in [-0.3, -0.25) is 14.9 Å². The van der Waals surface area contributed by atoms with Gasteiger partial charge in [-0.15, -0.1) is 0 Å². The van der Waals surface area contributed by atoms with E-state index in [0.29, 0.717) is 38.2 Å². The lowest BCUT2D eigenvalue weighted by molar-refractivity contribution is -0.121. The van der Waals surface area contributed by atoms with E-state index in [4.69, 9.17) is 0 Å². The number of carbonyl (C=O) groups excluding carboxylic acids is 3. The normalized spacial score (nSPS) is 29.5. The average molecular weight is 463 g/mol. The molecule has 3 saturated heterocycles. The van der Waals surface area contributed by atoms with E-state index in [9.17, 15) is 22.8 Å². The number of imide groups is 1. The number of rotatable bonds is 4. The molecule has 32 heavy (non-hydrogen) atoms. The summed E-state index contributed by atoms with van der Waals surface area (Å²) in [6.07, 6.45) is 2.43. The minimum atomic E-state index is -3.69. The third-order valence-corrected chi connectivity index (χ3v) is 8.40. The molecule has 3 heterocycles. The molecule has 0 radical (unpaired) electrons. The fraction of sp³-hybridized carbons (Fsp3) is 0.591. The first-order chi connectivity index (χ1) is 15.1. The van der Waals surface area contributed by atoms with Gasteiger partial charge in [-0.1, -0.05) is 19.9 Å². The molecule has 0 aromatic heterocycles. The molecule has 3 aliphatic rings. The summed E-state index contributed by atoms with van der Waals surface area (Å²) in [6.45, 7) is 5.92. The Morgan fingerprint density at radius 3 is 2.47 bits per heavy atom. The Hall–Kier alpha value is -2.46. The maximum Gasteiger partial charge on any atom is 0.322 e. The van der Waals surface area contributed by atoms with Crippen LogP contribution in [0.4, 0.5) is 4.79 Å². The van der Waals surface area contributed by atoms with Gasteiger partial charge in [-0.25, -0.2) is 13.2 Å². The summed E-state index contributed by atoms with van der Waals surface area (Å²) in [5.41, 5.74) is 0.310.